The highest BCUT2D eigenvalue weighted by molar-refractivity contribution is 5.36. The second-order valence-corrected chi connectivity index (χ2v) is 3.94. The van der Waals surface area contributed by atoms with Gasteiger partial charge in [0.05, 0.1) is 5.56 Å². The molecule has 0 saturated carbocycles. The lowest BCUT2D eigenvalue weighted by atomic mass is 9.91. The first kappa shape index (κ1) is 10.5. The predicted molar refractivity (Wildman–Crippen MR) is 50.6 cm³/mol. The third-order valence-corrected chi connectivity index (χ3v) is 2.73. The molecule has 0 radical (unpaired) electrons. The molecular formula is C11H12F3N. The van der Waals surface area contributed by atoms with Gasteiger partial charge in [0.25, 0.3) is 0 Å². The van der Waals surface area contributed by atoms with Crippen LogP contribution >= 0.6 is 0 Å². The van der Waals surface area contributed by atoms with E-state index in [0.29, 0.717) is 29.8 Å². The van der Waals surface area contributed by atoms with Crippen molar-refractivity contribution in [2.24, 2.45) is 0 Å². The van der Waals surface area contributed by atoms with Crippen molar-refractivity contribution in [2.75, 3.05) is 0 Å². The summed E-state index contributed by atoms with van der Waals surface area (Å²) in [6.07, 6.45) is -1.27. The van der Waals surface area contributed by atoms with Gasteiger partial charge in [0, 0.05) is 11.4 Å². The number of alkyl halides is 3. The molecule has 1 aromatic heterocycles. The van der Waals surface area contributed by atoms with E-state index in [1.807, 2.05) is 0 Å². The Morgan fingerprint density at radius 1 is 1.20 bits per heavy atom. The summed E-state index contributed by atoms with van der Waals surface area (Å²) < 4.78 is 38.2. The molecule has 0 N–H and O–H groups in total. The number of nitrogens with zero attached hydrogens (tertiary/aromatic N) is 1. The number of rotatable bonds is 0. The summed E-state index contributed by atoms with van der Waals surface area (Å²) in [5.41, 5.74) is 1.04. The lowest BCUT2D eigenvalue weighted by molar-refractivity contribution is -0.138. The first-order valence-corrected chi connectivity index (χ1v) is 5.05. The van der Waals surface area contributed by atoms with Gasteiger partial charge in [0.2, 0.25) is 0 Å². The van der Waals surface area contributed by atoms with Crippen LogP contribution in [-0.4, -0.2) is 4.98 Å². The molecule has 0 aromatic carbocycles. The molecule has 1 aliphatic rings. The van der Waals surface area contributed by atoms with E-state index in [4.69, 9.17) is 0 Å². The van der Waals surface area contributed by atoms with Crippen molar-refractivity contribution < 1.29 is 13.2 Å². The van der Waals surface area contributed by atoms with Crippen LogP contribution in [0.25, 0.3) is 0 Å². The maximum atomic E-state index is 12.7. The number of aryl methyl sites for hydroxylation is 2. The molecule has 0 atom stereocenters. The molecule has 1 heterocycles. The third kappa shape index (κ3) is 1.98. The van der Waals surface area contributed by atoms with E-state index in [0.717, 1.165) is 18.9 Å². The number of fused-ring (bicyclic) bond motifs is 1. The van der Waals surface area contributed by atoms with Crippen molar-refractivity contribution in [2.45, 2.75) is 38.8 Å². The molecule has 15 heavy (non-hydrogen) atoms. The van der Waals surface area contributed by atoms with E-state index in [9.17, 15) is 13.2 Å². The van der Waals surface area contributed by atoms with Gasteiger partial charge >= 0.3 is 6.18 Å². The average Bonchev–Trinajstić information content (AvgIpc) is 2.15. The first-order chi connectivity index (χ1) is 6.98. The Hall–Kier alpha value is -1.06. The van der Waals surface area contributed by atoms with Gasteiger partial charge in [-0.25, -0.2) is 0 Å². The molecule has 0 spiro atoms. The first-order valence-electron chi connectivity index (χ1n) is 5.05. The SMILES string of the molecule is Cc1cc(C(F)(F)F)c2c(n1)CCCC2. The Balaban J connectivity index is 2.58. The van der Waals surface area contributed by atoms with Gasteiger partial charge in [-0.3, -0.25) is 4.98 Å². The Morgan fingerprint density at radius 2 is 1.87 bits per heavy atom. The molecule has 2 rings (SSSR count). The quantitative estimate of drug-likeness (QED) is 0.647. The zero-order valence-corrected chi connectivity index (χ0v) is 8.49. The molecular weight excluding hydrogens is 203 g/mol. The molecule has 1 aliphatic carbocycles. The van der Waals surface area contributed by atoms with Crippen molar-refractivity contribution in [3.8, 4) is 0 Å². The van der Waals surface area contributed by atoms with Gasteiger partial charge in [-0.2, -0.15) is 13.2 Å². The lowest BCUT2D eigenvalue weighted by Gasteiger charge is -2.20. The number of aromatic nitrogens is 1. The second-order valence-electron chi connectivity index (χ2n) is 3.94. The molecule has 4 heteroatoms. The Labute approximate surface area is 86.3 Å². The number of hydrogen-bond acceptors (Lipinski definition) is 1. The molecule has 0 saturated heterocycles. The molecule has 0 amide bonds. The third-order valence-electron chi connectivity index (χ3n) is 2.73. The Kier molecular flexibility index (Phi) is 2.44. The highest BCUT2D eigenvalue weighted by Crippen LogP contribution is 2.36. The van der Waals surface area contributed by atoms with E-state index in [1.165, 1.54) is 0 Å². The van der Waals surface area contributed by atoms with E-state index >= 15 is 0 Å². The van der Waals surface area contributed by atoms with Crippen LogP contribution in [0.1, 0.15) is 35.4 Å². The molecule has 0 fully saturated rings. The minimum atomic E-state index is -4.24. The molecule has 0 aliphatic heterocycles. The average molecular weight is 215 g/mol. The summed E-state index contributed by atoms with van der Waals surface area (Å²) in [5.74, 6) is 0. The Morgan fingerprint density at radius 3 is 2.53 bits per heavy atom. The topological polar surface area (TPSA) is 12.9 Å². The number of hydrogen-bond donors (Lipinski definition) is 0. The monoisotopic (exact) mass is 215 g/mol. The summed E-state index contributed by atoms with van der Waals surface area (Å²) in [5, 5.41) is 0. The fraction of sp³-hybridized carbons (Fsp3) is 0.545. The van der Waals surface area contributed by atoms with Crippen LogP contribution in [0.2, 0.25) is 0 Å². The van der Waals surface area contributed by atoms with Crippen LogP contribution in [0.3, 0.4) is 0 Å². The fourth-order valence-electron chi connectivity index (χ4n) is 2.10. The minimum absolute atomic E-state index is 0.416. The molecule has 0 unspecified atom stereocenters. The van der Waals surface area contributed by atoms with Crippen molar-refractivity contribution >= 4 is 0 Å². The van der Waals surface area contributed by atoms with Gasteiger partial charge in [-0.1, -0.05) is 0 Å². The predicted octanol–water partition coefficient (Wildman–Crippen LogP) is 3.29. The fourth-order valence-corrected chi connectivity index (χ4v) is 2.10. The zero-order valence-electron chi connectivity index (χ0n) is 8.49. The second kappa shape index (κ2) is 3.51. The Bertz CT molecular complexity index is 382. The van der Waals surface area contributed by atoms with Crippen LogP contribution in [0.15, 0.2) is 6.07 Å². The summed E-state index contributed by atoms with van der Waals surface area (Å²) in [6.45, 7) is 1.62. The molecule has 0 bridgehead atoms. The standard InChI is InChI=1S/C11H12F3N/c1-7-6-9(11(12,13)14)8-4-2-3-5-10(8)15-7/h6H,2-5H2,1H3. The maximum Gasteiger partial charge on any atom is 0.416 e. The van der Waals surface area contributed by atoms with Gasteiger partial charge in [0.1, 0.15) is 0 Å². The number of pyridine rings is 1. The molecule has 1 aromatic rings. The van der Waals surface area contributed by atoms with Crippen LogP contribution in [0.5, 0.6) is 0 Å². The highest BCUT2D eigenvalue weighted by atomic mass is 19.4. The molecule has 82 valence electrons. The van der Waals surface area contributed by atoms with Crippen molar-refractivity contribution in [1.29, 1.82) is 0 Å². The molecule has 1 nitrogen and oxygen atoms in total. The largest absolute Gasteiger partial charge is 0.416 e. The van der Waals surface area contributed by atoms with Crippen LogP contribution in [0.4, 0.5) is 13.2 Å². The normalized spacial score (nSPS) is 16.3. The number of halogens is 3. The van der Waals surface area contributed by atoms with E-state index < -0.39 is 11.7 Å². The van der Waals surface area contributed by atoms with Crippen LogP contribution < -0.4 is 0 Å². The summed E-state index contributed by atoms with van der Waals surface area (Å²) in [4.78, 5) is 4.19. The minimum Gasteiger partial charge on any atom is -0.258 e. The van der Waals surface area contributed by atoms with Gasteiger partial charge in [0.15, 0.2) is 0 Å². The van der Waals surface area contributed by atoms with Gasteiger partial charge in [-0.15, -0.1) is 0 Å². The van der Waals surface area contributed by atoms with E-state index in [1.54, 1.807) is 6.92 Å². The van der Waals surface area contributed by atoms with Gasteiger partial charge in [-0.05, 0) is 44.2 Å². The van der Waals surface area contributed by atoms with Crippen molar-refractivity contribution in [3.63, 3.8) is 0 Å². The zero-order chi connectivity index (χ0) is 11.1. The summed E-state index contributed by atoms with van der Waals surface area (Å²) in [7, 11) is 0. The van der Waals surface area contributed by atoms with E-state index in [-0.39, 0.29) is 0 Å². The van der Waals surface area contributed by atoms with Gasteiger partial charge < -0.3 is 0 Å². The summed E-state index contributed by atoms with van der Waals surface area (Å²) in [6, 6.07) is 1.16. The summed E-state index contributed by atoms with van der Waals surface area (Å²) >= 11 is 0. The maximum absolute atomic E-state index is 12.7. The van der Waals surface area contributed by atoms with Crippen LogP contribution in [-0.2, 0) is 19.0 Å². The van der Waals surface area contributed by atoms with Crippen molar-refractivity contribution in [1.82, 2.24) is 4.98 Å². The van der Waals surface area contributed by atoms with E-state index in [2.05, 4.69) is 4.98 Å². The lowest BCUT2D eigenvalue weighted by Crippen LogP contribution is -2.16. The van der Waals surface area contributed by atoms with Crippen LogP contribution in [0, 0.1) is 6.92 Å². The smallest absolute Gasteiger partial charge is 0.258 e. The van der Waals surface area contributed by atoms with Crippen molar-refractivity contribution in [3.05, 3.63) is 28.6 Å². The highest BCUT2D eigenvalue weighted by Gasteiger charge is 2.35.